The highest BCUT2D eigenvalue weighted by molar-refractivity contribution is 7.92. The van der Waals surface area contributed by atoms with Gasteiger partial charge in [0, 0.05) is 46.8 Å². The van der Waals surface area contributed by atoms with Crippen LogP contribution in [0.25, 0.3) is 0 Å². The van der Waals surface area contributed by atoms with E-state index in [9.17, 15) is 21.6 Å². The van der Waals surface area contributed by atoms with Gasteiger partial charge in [0.25, 0.3) is 0 Å². The molecule has 2 aliphatic rings. The molecule has 11 nitrogen and oxygen atoms in total. The molecule has 1 fully saturated rings. The van der Waals surface area contributed by atoms with E-state index in [1.807, 2.05) is 18.2 Å². The SMILES string of the molecule is CN(C)S(=O)(=O)c1ccc(N(CC(=O)N2CCN(Cc3ccc4c(c3)OCO4)CC2)S(C)(=O)=O)cc1. The van der Waals surface area contributed by atoms with Gasteiger partial charge in [0.15, 0.2) is 11.5 Å². The van der Waals surface area contributed by atoms with Gasteiger partial charge in [0.05, 0.1) is 16.8 Å². The first-order chi connectivity index (χ1) is 16.9. The topological polar surface area (TPSA) is 117 Å². The largest absolute Gasteiger partial charge is 0.454 e. The second-order valence-corrected chi connectivity index (χ2v) is 13.0. The number of hydrogen-bond acceptors (Lipinski definition) is 8. The summed E-state index contributed by atoms with van der Waals surface area (Å²) in [6.07, 6.45) is 1.02. The minimum Gasteiger partial charge on any atom is -0.454 e. The maximum absolute atomic E-state index is 13.0. The Morgan fingerprint density at radius 2 is 1.56 bits per heavy atom. The molecule has 0 radical (unpaired) electrons. The van der Waals surface area contributed by atoms with E-state index >= 15 is 0 Å². The second-order valence-electron chi connectivity index (χ2n) is 8.90. The summed E-state index contributed by atoms with van der Waals surface area (Å²) in [6.45, 7) is 2.81. The zero-order valence-corrected chi connectivity index (χ0v) is 22.1. The van der Waals surface area contributed by atoms with Crippen LogP contribution in [0.2, 0.25) is 0 Å². The minimum atomic E-state index is -3.78. The Morgan fingerprint density at radius 1 is 0.917 bits per heavy atom. The molecule has 0 spiro atoms. The number of nitrogens with zero attached hydrogens (tertiary/aromatic N) is 4. The molecule has 0 bridgehead atoms. The maximum Gasteiger partial charge on any atom is 0.243 e. The van der Waals surface area contributed by atoms with Gasteiger partial charge in [-0.15, -0.1) is 0 Å². The summed E-state index contributed by atoms with van der Waals surface area (Å²) >= 11 is 0. The van der Waals surface area contributed by atoms with Crippen LogP contribution in [-0.4, -0.2) is 96.7 Å². The van der Waals surface area contributed by atoms with E-state index < -0.39 is 20.0 Å². The van der Waals surface area contributed by atoms with Crippen LogP contribution < -0.4 is 13.8 Å². The first kappa shape index (κ1) is 26.2. The Kier molecular flexibility index (Phi) is 7.46. The number of carbonyl (C=O) groups is 1. The van der Waals surface area contributed by atoms with Crippen molar-refractivity contribution in [1.29, 1.82) is 0 Å². The fourth-order valence-electron chi connectivity index (χ4n) is 4.07. The lowest BCUT2D eigenvalue weighted by molar-refractivity contribution is -0.131. The third-order valence-corrected chi connectivity index (χ3v) is 9.12. The monoisotopic (exact) mass is 538 g/mol. The van der Waals surface area contributed by atoms with Crippen molar-refractivity contribution in [2.45, 2.75) is 11.4 Å². The van der Waals surface area contributed by atoms with E-state index in [0.717, 1.165) is 31.9 Å². The fourth-order valence-corrected chi connectivity index (χ4v) is 5.82. The molecule has 0 unspecified atom stereocenters. The molecule has 13 heteroatoms. The standard InChI is InChI=1S/C23H30N4O7S2/c1-24(2)36(31,32)20-7-5-19(6-8-20)27(35(3,29)30)16-23(28)26-12-10-25(11-13-26)15-18-4-9-21-22(14-18)34-17-33-21/h4-9,14H,10-13,15-17H2,1-3H3. The van der Waals surface area contributed by atoms with Crippen molar-refractivity contribution in [3.63, 3.8) is 0 Å². The number of carbonyl (C=O) groups excluding carboxylic acids is 1. The number of ether oxygens (including phenoxy) is 2. The molecular weight excluding hydrogens is 508 g/mol. The lowest BCUT2D eigenvalue weighted by Crippen LogP contribution is -2.51. The van der Waals surface area contributed by atoms with Gasteiger partial charge >= 0.3 is 0 Å². The summed E-state index contributed by atoms with van der Waals surface area (Å²) in [5.41, 5.74) is 1.31. The highest BCUT2D eigenvalue weighted by atomic mass is 32.2. The van der Waals surface area contributed by atoms with Gasteiger partial charge < -0.3 is 14.4 Å². The minimum absolute atomic E-state index is 0.0367. The number of fused-ring (bicyclic) bond motifs is 1. The highest BCUT2D eigenvalue weighted by Gasteiger charge is 2.27. The Labute approximate surface area is 211 Å². The van der Waals surface area contributed by atoms with Crippen LogP contribution >= 0.6 is 0 Å². The number of benzene rings is 2. The van der Waals surface area contributed by atoms with Crippen LogP contribution in [0.4, 0.5) is 5.69 Å². The molecule has 4 rings (SSSR count). The van der Waals surface area contributed by atoms with Crippen LogP contribution in [-0.2, 0) is 31.4 Å². The fraction of sp³-hybridized carbons (Fsp3) is 0.435. The van der Waals surface area contributed by atoms with Gasteiger partial charge in [0.1, 0.15) is 6.54 Å². The number of hydrogen-bond donors (Lipinski definition) is 0. The van der Waals surface area contributed by atoms with Crippen molar-refractivity contribution in [1.82, 2.24) is 14.1 Å². The van der Waals surface area contributed by atoms with E-state index in [2.05, 4.69) is 4.90 Å². The number of amides is 1. The van der Waals surface area contributed by atoms with Crippen molar-refractivity contribution in [3.05, 3.63) is 48.0 Å². The molecule has 2 heterocycles. The van der Waals surface area contributed by atoms with Gasteiger partial charge in [-0.2, -0.15) is 0 Å². The summed E-state index contributed by atoms with van der Waals surface area (Å²) in [5, 5.41) is 0. The number of rotatable bonds is 8. The van der Waals surface area contributed by atoms with E-state index in [0.29, 0.717) is 32.7 Å². The number of piperazine rings is 1. The summed E-state index contributed by atoms with van der Waals surface area (Å²) in [7, 11) is -4.60. The second kappa shape index (κ2) is 10.2. The third kappa shape index (κ3) is 5.75. The molecule has 0 N–H and O–H groups in total. The Balaban J connectivity index is 1.37. The maximum atomic E-state index is 13.0. The number of anilines is 1. The molecule has 2 aromatic carbocycles. The average Bonchev–Trinajstić information content (AvgIpc) is 3.30. The van der Waals surface area contributed by atoms with Gasteiger partial charge in [0.2, 0.25) is 32.7 Å². The van der Waals surface area contributed by atoms with E-state index in [-0.39, 0.29) is 29.8 Å². The summed E-state index contributed by atoms with van der Waals surface area (Å²) < 4.78 is 62.4. The molecule has 1 amide bonds. The van der Waals surface area contributed by atoms with Crippen LogP contribution in [0.1, 0.15) is 5.56 Å². The zero-order chi connectivity index (χ0) is 26.1. The Bertz CT molecular complexity index is 1320. The molecular formula is C23H30N4O7S2. The number of sulfonamides is 2. The van der Waals surface area contributed by atoms with Crippen molar-refractivity contribution in [2.75, 3.05) is 64.2 Å². The van der Waals surface area contributed by atoms with Crippen LogP contribution in [0, 0.1) is 0 Å². The zero-order valence-electron chi connectivity index (χ0n) is 20.5. The van der Waals surface area contributed by atoms with Gasteiger partial charge in [-0.3, -0.25) is 14.0 Å². The highest BCUT2D eigenvalue weighted by Crippen LogP contribution is 2.33. The molecule has 0 aromatic heterocycles. The van der Waals surface area contributed by atoms with E-state index in [1.54, 1.807) is 4.90 Å². The molecule has 0 aliphatic carbocycles. The van der Waals surface area contributed by atoms with Crippen LogP contribution in [0.5, 0.6) is 11.5 Å². The van der Waals surface area contributed by atoms with Gasteiger partial charge in [-0.25, -0.2) is 21.1 Å². The average molecular weight is 539 g/mol. The van der Waals surface area contributed by atoms with Crippen LogP contribution in [0.15, 0.2) is 47.4 Å². The summed E-state index contributed by atoms with van der Waals surface area (Å²) in [6, 6.07) is 11.3. The molecule has 0 saturated carbocycles. The Morgan fingerprint density at radius 3 is 2.17 bits per heavy atom. The van der Waals surface area contributed by atoms with Gasteiger partial charge in [-0.05, 0) is 42.0 Å². The Hall–Kier alpha value is -2.87. The third-order valence-electron chi connectivity index (χ3n) is 6.15. The van der Waals surface area contributed by atoms with Crippen molar-refractivity contribution >= 4 is 31.6 Å². The van der Waals surface area contributed by atoms with E-state index in [1.165, 1.54) is 38.4 Å². The molecule has 1 saturated heterocycles. The molecule has 0 atom stereocenters. The van der Waals surface area contributed by atoms with Crippen molar-refractivity contribution in [3.8, 4) is 11.5 Å². The van der Waals surface area contributed by atoms with E-state index in [4.69, 9.17) is 9.47 Å². The van der Waals surface area contributed by atoms with Crippen molar-refractivity contribution in [2.24, 2.45) is 0 Å². The van der Waals surface area contributed by atoms with Crippen LogP contribution in [0.3, 0.4) is 0 Å². The first-order valence-electron chi connectivity index (χ1n) is 11.3. The lowest BCUT2D eigenvalue weighted by Gasteiger charge is -2.36. The lowest BCUT2D eigenvalue weighted by atomic mass is 10.1. The molecule has 2 aliphatic heterocycles. The normalized spacial score (nSPS) is 16.4. The summed E-state index contributed by atoms with van der Waals surface area (Å²) in [4.78, 5) is 16.9. The first-order valence-corrected chi connectivity index (χ1v) is 14.6. The van der Waals surface area contributed by atoms with Gasteiger partial charge in [-0.1, -0.05) is 6.07 Å². The quantitative estimate of drug-likeness (QED) is 0.484. The van der Waals surface area contributed by atoms with Crippen molar-refractivity contribution < 1.29 is 31.1 Å². The smallest absolute Gasteiger partial charge is 0.243 e. The summed E-state index contributed by atoms with van der Waals surface area (Å²) in [5.74, 6) is 1.15. The molecule has 196 valence electrons. The molecule has 36 heavy (non-hydrogen) atoms. The predicted octanol–water partition coefficient (Wildman–Crippen LogP) is 0.776. The predicted molar refractivity (Wildman–Crippen MR) is 134 cm³/mol. The molecule has 2 aromatic rings.